The third kappa shape index (κ3) is 2.80. The Morgan fingerprint density at radius 1 is 1.36 bits per heavy atom. The van der Waals surface area contributed by atoms with Gasteiger partial charge in [0, 0.05) is 57.3 Å². The van der Waals surface area contributed by atoms with Crippen LogP contribution in [0.3, 0.4) is 0 Å². The van der Waals surface area contributed by atoms with Crippen molar-refractivity contribution in [2.24, 2.45) is 5.92 Å². The molecule has 2 atom stereocenters. The van der Waals surface area contributed by atoms with E-state index in [9.17, 15) is 9.59 Å². The van der Waals surface area contributed by atoms with E-state index < -0.39 is 68.6 Å². The van der Waals surface area contributed by atoms with Gasteiger partial charge in [0.2, 0.25) is 11.8 Å². The van der Waals surface area contributed by atoms with Crippen molar-refractivity contribution in [3.05, 3.63) is 41.5 Å². The van der Waals surface area contributed by atoms with Crippen molar-refractivity contribution in [2.45, 2.75) is 39.5 Å². The van der Waals surface area contributed by atoms with Gasteiger partial charge in [0.25, 0.3) is 0 Å². The van der Waals surface area contributed by atoms with E-state index in [1.807, 2.05) is 0 Å². The number of likely N-dealkylation sites (N-methyl/N-ethyl adjacent to an activating group) is 1. The van der Waals surface area contributed by atoms with Gasteiger partial charge in [-0.25, -0.2) is 0 Å². The fourth-order valence-electron chi connectivity index (χ4n) is 4.03. The van der Waals surface area contributed by atoms with Gasteiger partial charge in [0.1, 0.15) is 0 Å². The normalized spacial score (nSPS) is 30.6. The molecule has 0 saturated heterocycles. The smallest absolute Gasteiger partial charge is 0.230 e. The highest BCUT2D eigenvalue weighted by Crippen LogP contribution is 2.41. The van der Waals surface area contributed by atoms with Crippen molar-refractivity contribution in [2.75, 3.05) is 26.6 Å². The molecule has 5 nitrogen and oxygen atoms in total. The summed E-state index contributed by atoms with van der Waals surface area (Å²) in [4.78, 5) is 27.9. The number of nitrogens with zero attached hydrogens (tertiary/aromatic N) is 3. The zero-order valence-electron chi connectivity index (χ0n) is 29.5. The Morgan fingerprint density at radius 2 is 2.14 bits per heavy atom. The number of benzene rings is 1. The van der Waals surface area contributed by atoms with Crippen LogP contribution in [0.2, 0.25) is 0 Å². The van der Waals surface area contributed by atoms with Gasteiger partial charge in [0.05, 0.1) is 16.9 Å². The Balaban J connectivity index is 2.00. The second kappa shape index (κ2) is 7.21. The molecule has 0 bridgehead atoms. The van der Waals surface area contributed by atoms with Crippen molar-refractivity contribution in [1.29, 1.82) is 0 Å². The van der Waals surface area contributed by atoms with E-state index in [-0.39, 0.29) is 52.5 Å². The minimum Gasteiger partial charge on any atom is -0.343 e. The Morgan fingerprint density at radius 3 is 2.86 bits per heavy atom. The molecule has 1 aliphatic carbocycles. The average molecular weight is 394 g/mol. The lowest BCUT2D eigenvalue weighted by atomic mass is 9.79. The van der Waals surface area contributed by atoms with Crippen molar-refractivity contribution in [3.63, 3.8) is 0 Å². The Hall–Kier alpha value is -2.40. The summed E-state index contributed by atoms with van der Waals surface area (Å²) >= 11 is 0. The first kappa shape index (κ1) is 8.54. The SMILES string of the molecule is [2H]c1c([2H])c([2H])c2c3c(c([2H])n2C(=O)CC)C[C@@H]2C(=C[C@@H](C(=O)N(C([2H])([2H])C([2H])([2H])[2H])C([2H])([2H])C([2H])([2H])[2H])CN2C)c13. The Kier molecular flexibility index (Phi) is 2.20. The molecule has 0 saturated carbocycles. The summed E-state index contributed by atoms with van der Waals surface area (Å²) in [6.45, 7) is -13.4. The highest BCUT2D eigenvalue weighted by atomic mass is 16.2. The second-order valence-electron chi connectivity index (χ2n) is 6.93. The number of amides is 1. The topological polar surface area (TPSA) is 45.6 Å². The van der Waals surface area contributed by atoms with Gasteiger partial charge in [-0.3, -0.25) is 19.1 Å². The highest BCUT2D eigenvalue weighted by molar-refractivity contribution is 6.03. The van der Waals surface area contributed by atoms with Crippen LogP contribution in [0.4, 0.5) is 0 Å². The zero-order valence-corrected chi connectivity index (χ0v) is 15.5. The molecule has 0 radical (unpaired) electrons. The van der Waals surface area contributed by atoms with E-state index in [0.717, 1.165) is 4.57 Å². The van der Waals surface area contributed by atoms with Crippen LogP contribution >= 0.6 is 0 Å². The lowest BCUT2D eigenvalue weighted by Crippen LogP contribution is -2.47. The zero-order chi connectivity index (χ0) is 32.1. The summed E-state index contributed by atoms with van der Waals surface area (Å²) in [6.07, 6.45) is 1.20. The number of carbonyl (C=O) groups excluding carboxylic acids is 2. The molecule has 5 heteroatoms. The Bertz CT molecular complexity index is 1500. The summed E-state index contributed by atoms with van der Waals surface area (Å²) in [5.41, 5.74) is 0.652. The summed E-state index contributed by atoms with van der Waals surface area (Å²) < 4.78 is 114. The van der Waals surface area contributed by atoms with Gasteiger partial charge in [-0.15, -0.1) is 0 Å². The monoisotopic (exact) mass is 393 g/mol. The summed E-state index contributed by atoms with van der Waals surface area (Å²) in [5, 5.41) is 0.212. The van der Waals surface area contributed by atoms with E-state index in [1.165, 1.54) is 6.08 Å². The molecule has 2 aliphatic rings. The first-order valence-corrected chi connectivity index (χ1v) is 8.95. The van der Waals surface area contributed by atoms with Crippen LogP contribution in [-0.4, -0.2) is 58.8 Å². The van der Waals surface area contributed by atoms with Gasteiger partial charge in [-0.1, -0.05) is 25.1 Å². The maximum Gasteiger partial charge on any atom is 0.230 e. The minimum absolute atomic E-state index is 0.00471. The number of carbonyl (C=O) groups is 2. The fourth-order valence-corrected chi connectivity index (χ4v) is 4.03. The molecule has 0 fully saturated rings. The van der Waals surface area contributed by atoms with Gasteiger partial charge in [0.15, 0.2) is 0 Å². The maximum absolute atomic E-state index is 13.9. The molecule has 2 heterocycles. The van der Waals surface area contributed by atoms with Crippen LogP contribution in [0.15, 0.2) is 30.4 Å². The second-order valence-corrected chi connectivity index (χ2v) is 6.93. The average Bonchev–Trinajstić information content (AvgIpc) is 3.15. The van der Waals surface area contributed by atoms with E-state index in [1.54, 1.807) is 18.9 Å². The number of hydrogen-bond donors (Lipinski definition) is 0. The van der Waals surface area contributed by atoms with Crippen LogP contribution in [0.1, 0.15) is 62.2 Å². The third-order valence-corrected chi connectivity index (χ3v) is 5.38. The van der Waals surface area contributed by atoms with Crippen LogP contribution in [0.25, 0.3) is 16.5 Å². The van der Waals surface area contributed by atoms with Crippen molar-refractivity contribution in [3.8, 4) is 0 Å². The Labute approximate surface area is 186 Å². The lowest BCUT2D eigenvalue weighted by molar-refractivity contribution is -0.134. The number of rotatable bonds is 4. The number of fused-ring (bicyclic) bond motifs is 2. The molecule has 28 heavy (non-hydrogen) atoms. The molecule has 4 rings (SSSR count). The van der Waals surface area contributed by atoms with E-state index in [2.05, 4.69) is 0 Å². The molecule has 0 unspecified atom stereocenters. The summed E-state index contributed by atoms with van der Waals surface area (Å²) in [5.74, 6) is -3.43. The number of hydrogen-bond acceptors (Lipinski definition) is 3. The third-order valence-electron chi connectivity index (χ3n) is 5.38. The van der Waals surface area contributed by atoms with Crippen LogP contribution < -0.4 is 0 Å². The molecule has 0 spiro atoms. The van der Waals surface area contributed by atoms with Crippen LogP contribution in [-0.2, 0) is 11.2 Å². The minimum atomic E-state index is -3.73. The molecular formula is C23H29N3O2. The molecule has 1 aromatic heterocycles. The standard InChI is InChI=1S/C23H29N3O2/c1-5-21(27)26-14-15-12-20-18(17-9-8-10-19(26)22(15)17)11-16(13-24(20)4)23(28)25(6-2)7-3/h8-11,14,16,20H,5-7,12-13H2,1-4H3/t16-,20-/m1/s1/i2D3,3D3,6D2,7D2,8D,9D,10D,14D. The molecule has 1 aromatic carbocycles. The van der Waals surface area contributed by atoms with Gasteiger partial charge < -0.3 is 4.90 Å². The van der Waals surface area contributed by atoms with Crippen molar-refractivity contribution >= 4 is 28.3 Å². The first-order valence-electron chi connectivity index (χ1n) is 16.0. The largest absolute Gasteiger partial charge is 0.343 e. The molecule has 2 aromatic rings. The quantitative estimate of drug-likeness (QED) is 0.799. The maximum atomic E-state index is 13.9. The molecular weight excluding hydrogens is 350 g/mol. The summed E-state index contributed by atoms with van der Waals surface area (Å²) in [7, 11) is 1.56. The first-order chi connectivity index (χ1) is 19.0. The van der Waals surface area contributed by atoms with Gasteiger partial charge in [-0.05, 0) is 49.9 Å². The van der Waals surface area contributed by atoms with Crippen molar-refractivity contribution in [1.82, 2.24) is 14.4 Å². The molecule has 1 amide bonds. The van der Waals surface area contributed by atoms with Crippen LogP contribution in [0, 0.1) is 5.92 Å². The number of aromatic nitrogens is 1. The predicted octanol–water partition coefficient (Wildman–Crippen LogP) is 3.43. The van der Waals surface area contributed by atoms with E-state index >= 15 is 0 Å². The van der Waals surface area contributed by atoms with E-state index in [0.29, 0.717) is 5.56 Å². The molecule has 148 valence electrons. The van der Waals surface area contributed by atoms with Gasteiger partial charge in [-0.2, -0.15) is 0 Å². The highest BCUT2D eigenvalue weighted by Gasteiger charge is 2.37. The predicted molar refractivity (Wildman–Crippen MR) is 112 cm³/mol. The molecule has 0 N–H and O–H groups in total. The fraction of sp³-hybridized carbons (Fsp3) is 0.478. The summed E-state index contributed by atoms with van der Waals surface area (Å²) in [6, 6.07) is -2.00. The van der Waals surface area contributed by atoms with Crippen LogP contribution in [0.5, 0.6) is 0 Å². The van der Waals surface area contributed by atoms with Crippen molar-refractivity contribution < 1.29 is 28.8 Å². The van der Waals surface area contributed by atoms with Gasteiger partial charge >= 0.3 is 0 Å². The lowest BCUT2D eigenvalue weighted by Gasteiger charge is -2.40. The molecule has 1 aliphatic heterocycles. The van der Waals surface area contributed by atoms with E-state index in [4.69, 9.17) is 19.2 Å².